The second kappa shape index (κ2) is 13.0. The van der Waals surface area contributed by atoms with Crippen molar-refractivity contribution in [2.24, 2.45) is 10.9 Å². The number of amides is 1. The highest BCUT2D eigenvalue weighted by atomic mass is 16.5. The fourth-order valence-electron chi connectivity index (χ4n) is 3.86. The van der Waals surface area contributed by atoms with Crippen molar-refractivity contribution in [2.45, 2.75) is 57.9 Å². The smallest absolute Gasteiger partial charge is 0.243 e. The molecule has 1 heterocycles. The maximum Gasteiger partial charge on any atom is 0.243 e. The van der Waals surface area contributed by atoms with Crippen molar-refractivity contribution in [1.82, 2.24) is 20.4 Å². The molecule has 0 spiro atoms. The Morgan fingerprint density at radius 3 is 2.61 bits per heavy atom. The standard InChI is InChI=1S/C21H41N5O2/c1-18(9-10-19-7-5-4-6-8-19)24-21(23-17-20(27)25(2)3)22-11-12-26-13-15-28-16-14-26/h18-19H,4-17H2,1-3H3,(H2,22,23,24). The van der Waals surface area contributed by atoms with Crippen LogP contribution in [-0.4, -0.2) is 87.7 Å². The second-order valence-electron chi connectivity index (χ2n) is 8.46. The maximum atomic E-state index is 11.9. The Morgan fingerprint density at radius 1 is 1.21 bits per heavy atom. The molecule has 7 nitrogen and oxygen atoms in total. The minimum Gasteiger partial charge on any atom is -0.379 e. The summed E-state index contributed by atoms with van der Waals surface area (Å²) < 4.78 is 5.40. The molecule has 1 saturated heterocycles. The number of morpholine rings is 1. The number of hydrogen-bond acceptors (Lipinski definition) is 4. The molecule has 1 saturated carbocycles. The van der Waals surface area contributed by atoms with Crippen LogP contribution in [0.15, 0.2) is 4.99 Å². The number of nitrogens with one attached hydrogen (secondary N) is 2. The van der Waals surface area contributed by atoms with Gasteiger partial charge in [-0.2, -0.15) is 0 Å². The Labute approximate surface area is 171 Å². The number of ether oxygens (including phenoxy) is 1. The Balaban J connectivity index is 1.77. The van der Waals surface area contributed by atoms with Crippen LogP contribution in [0.25, 0.3) is 0 Å². The summed E-state index contributed by atoms with van der Waals surface area (Å²) in [6, 6.07) is 0.353. The predicted octanol–water partition coefficient (Wildman–Crippen LogP) is 1.69. The van der Waals surface area contributed by atoms with Gasteiger partial charge in [-0.25, -0.2) is 4.99 Å². The Hall–Kier alpha value is -1.34. The average molecular weight is 396 g/mol. The van der Waals surface area contributed by atoms with Crippen molar-refractivity contribution in [1.29, 1.82) is 0 Å². The minimum absolute atomic E-state index is 0.0177. The number of carbonyl (C=O) groups is 1. The van der Waals surface area contributed by atoms with Crippen LogP contribution in [0.3, 0.4) is 0 Å². The molecule has 0 aromatic heterocycles. The van der Waals surface area contributed by atoms with E-state index >= 15 is 0 Å². The molecule has 2 aliphatic rings. The van der Waals surface area contributed by atoms with Crippen molar-refractivity contribution in [3.8, 4) is 0 Å². The van der Waals surface area contributed by atoms with E-state index in [4.69, 9.17) is 4.74 Å². The third kappa shape index (κ3) is 9.24. The molecule has 2 fully saturated rings. The van der Waals surface area contributed by atoms with Crippen LogP contribution < -0.4 is 10.6 Å². The van der Waals surface area contributed by atoms with Crippen LogP contribution in [0.2, 0.25) is 0 Å². The number of rotatable bonds is 9. The normalized spacial score (nSPS) is 20.6. The summed E-state index contributed by atoms with van der Waals surface area (Å²) >= 11 is 0. The molecule has 162 valence electrons. The zero-order valence-corrected chi connectivity index (χ0v) is 18.2. The summed E-state index contributed by atoms with van der Waals surface area (Å²) in [5, 5.41) is 6.93. The van der Waals surface area contributed by atoms with Crippen LogP contribution in [0.4, 0.5) is 0 Å². The van der Waals surface area contributed by atoms with E-state index in [1.54, 1.807) is 19.0 Å². The highest BCUT2D eigenvalue weighted by molar-refractivity contribution is 5.84. The van der Waals surface area contributed by atoms with Crippen molar-refractivity contribution >= 4 is 11.9 Å². The van der Waals surface area contributed by atoms with Gasteiger partial charge in [-0.15, -0.1) is 0 Å². The lowest BCUT2D eigenvalue weighted by Crippen LogP contribution is -2.47. The van der Waals surface area contributed by atoms with Crippen molar-refractivity contribution < 1.29 is 9.53 Å². The van der Waals surface area contributed by atoms with Crippen LogP contribution >= 0.6 is 0 Å². The molecule has 28 heavy (non-hydrogen) atoms. The van der Waals surface area contributed by atoms with E-state index in [0.717, 1.165) is 57.7 Å². The first kappa shape index (κ1) is 22.9. The first-order valence-electron chi connectivity index (χ1n) is 11.1. The number of guanidine groups is 1. The average Bonchev–Trinajstić information content (AvgIpc) is 2.71. The molecule has 1 aliphatic heterocycles. The van der Waals surface area contributed by atoms with Gasteiger partial charge in [0.25, 0.3) is 0 Å². The zero-order valence-electron chi connectivity index (χ0n) is 18.2. The molecule has 7 heteroatoms. The van der Waals surface area contributed by atoms with Gasteiger partial charge in [-0.3, -0.25) is 9.69 Å². The summed E-state index contributed by atoms with van der Waals surface area (Å²) in [6.07, 6.45) is 9.42. The Kier molecular flexibility index (Phi) is 10.6. The molecular formula is C21H41N5O2. The highest BCUT2D eigenvalue weighted by Crippen LogP contribution is 2.27. The van der Waals surface area contributed by atoms with Gasteiger partial charge in [-0.1, -0.05) is 32.1 Å². The van der Waals surface area contributed by atoms with Gasteiger partial charge in [0.05, 0.1) is 13.2 Å². The molecule has 0 bridgehead atoms. The molecule has 1 atom stereocenters. The third-order valence-electron chi connectivity index (χ3n) is 5.81. The van der Waals surface area contributed by atoms with Gasteiger partial charge in [0.2, 0.25) is 5.91 Å². The summed E-state index contributed by atoms with van der Waals surface area (Å²) in [6.45, 7) is 7.77. The van der Waals surface area contributed by atoms with Gasteiger partial charge in [0.15, 0.2) is 5.96 Å². The lowest BCUT2D eigenvalue weighted by Gasteiger charge is -2.27. The van der Waals surface area contributed by atoms with Gasteiger partial charge < -0.3 is 20.3 Å². The van der Waals surface area contributed by atoms with E-state index in [0.29, 0.717) is 6.04 Å². The fourth-order valence-corrected chi connectivity index (χ4v) is 3.86. The van der Waals surface area contributed by atoms with Gasteiger partial charge in [0.1, 0.15) is 6.54 Å². The second-order valence-corrected chi connectivity index (χ2v) is 8.46. The SMILES string of the molecule is CC(CCC1CCCCC1)NC(=NCC(=O)N(C)C)NCCN1CCOCC1. The lowest BCUT2D eigenvalue weighted by molar-refractivity contribution is -0.127. The van der Waals surface area contributed by atoms with Crippen LogP contribution in [0, 0.1) is 5.92 Å². The summed E-state index contributed by atoms with van der Waals surface area (Å²) in [5.74, 6) is 1.66. The quantitative estimate of drug-likeness (QED) is 0.459. The zero-order chi connectivity index (χ0) is 20.2. The molecule has 2 rings (SSSR count). The minimum atomic E-state index is 0.0177. The van der Waals surface area contributed by atoms with E-state index in [2.05, 4.69) is 27.4 Å². The number of aliphatic imine (C=N–C) groups is 1. The Morgan fingerprint density at radius 2 is 1.93 bits per heavy atom. The third-order valence-corrected chi connectivity index (χ3v) is 5.81. The van der Waals surface area contributed by atoms with Crippen LogP contribution in [-0.2, 0) is 9.53 Å². The summed E-state index contributed by atoms with van der Waals surface area (Å²) in [7, 11) is 3.53. The molecule has 0 aromatic carbocycles. The van der Waals surface area contributed by atoms with Gasteiger partial charge in [-0.05, 0) is 25.7 Å². The fraction of sp³-hybridized carbons (Fsp3) is 0.905. The predicted molar refractivity (Wildman–Crippen MR) is 115 cm³/mol. The van der Waals surface area contributed by atoms with E-state index in [1.165, 1.54) is 38.5 Å². The first-order chi connectivity index (χ1) is 13.5. The topological polar surface area (TPSA) is 69.2 Å². The molecule has 1 aliphatic carbocycles. The molecule has 1 amide bonds. The van der Waals surface area contributed by atoms with Crippen molar-refractivity contribution in [2.75, 3.05) is 60.0 Å². The summed E-state index contributed by atoms with van der Waals surface area (Å²) in [4.78, 5) is 20.4. The molecule has 1 unspecified atom stereocenters. The van der Waals surface area contributed by atoms with Crippen molar-refractivity contribution in [3.05, 3.63) is 0 Å². The number of hydrogen-bond donors (Lipinski definition) is 2. The molecular weight excluding hydrogens is 354 g/mol. The van der Waals surface area contributed by atoms with E-state index in [1.807, 2.05) is 0 Å². The molecule has 0 aromatic rings. The van der Waals surface area contributed by atoms with Crippen LogP contribution in [0.5, 0.6) is 0 Å². The first-order valence-corrected chi connectivity index (χ1v) is 11.1. The van der Waals surface area contributed by atoms with Crippen molar-refractivity contribution in [3.63, 3.8) is 0 Å². The van der Waals surface area contributed by atoms with E-state index in [-0.39, 0.29) is 12.5 Å². The monoisotopic (exact) mass is 395 g/mol. The Bertz CT molecular complexity index is 471. The molecule has 2 N–H and O–H groups in total. The maximum absolute atomic E-state index is 11.9. The molecule has 0 radical (unpaired) electrons. The number of likely N-dealkylation sites (N-methyl/N-ethyl adjacent to an activating group) is 1. The lowest BCUT2D eigenvalue weighted by atomic mass is 9.85. The number of nitrogens with zero attached hydrogens (tertiary/aromatic N) is 3. The highest BCUT2D eigenvalue weighted by Gasteiger charge is 2.16. The van der Waals surface area contributed by atoms with Crippen LogP contribution in [0.1, 0.15) is 51.9 Å². The van der Waals surface area contributed by atoms with E-state index in [9.17, 15) is 4.79 Å². The van der Waals surface area contributed by atoms with E-state index < -0.39 is 0 Å². The van der Waals surface area contributed by atoms with Gasteiger partial charge >= 0.3 is 0 Å². The largest absolute Gasteiger partial charge is 0.379 e. The number of carbonyl (C=O) groups excluding carboxylic acids is 1. The van der Waals surface area contributed by atoms with Gasteiger partial charge in [0, 0.05) is 46.3 Å². The summed E-state index contributed by atoms with van der Waals surface area (Å²) in [5.41, 5.74) is 0.